The van der Waals surface area contributed by atoms with Gasteiger partial charge < -0.3 is 4.98 Å². The normalized spacial score (nSPS) is 10.5. The van der Waals surface area contributed by atoms with Gasteiger partial charge in [-0.05, 0) is 49.6 Å². The first-order valence-electron chi connectivity index (χ1n) is 5.13. The van der Waals surface area contributed by atoms with E-state index in [4.69, 9.17) is 16.4 Å². The molecule has 0 saturated heterocycles. The quantitative estimate of drug-likeness (QED) is 0.600. The molecule has 0 spiro atoms. The monoisotopic (exact) mass is 407 g/mol. The van der Waals surface area contributed by atoms with Crippen LogP contribution < -0.4 is 5.48 Å². The molecule has 0 aliphatic rings. The first-order chi connectivity index (χ1) is 9.06. The molecule has 0 fully saturated rings. The summed E-state index contributed by atoms with van der Waals surface area (Å²) in [5.74, 6) is -0.367. The maximum absolute atomic E-state index is 11.7. The molecule has 0 unspecified atom stereocenters. The molecule has 2 rings (SSSR count). The van der Waals surface area contributed by atoms with Crippen molar-refractivity contribution in [1.82, 2.24) is 15.4 Å². The molecule has 2 aromatic heterocycles. The van der Waals surface area contributed by atoms with Crippen molar-refractivity contribution in [3.05, 3.63) is 49.9 Å². The van der Waals surface area contributed by atoms with Gasteiger partial charge >= 0.3 is 0 Å². The second-order valence-electron chi connectivity index (χ2n) is 3.55. The lowest BCUT2D eigenvalue weighted by molar-refractivity contribution is 0.0229. The van der Waals surface area contributed by atoms with Gasteiger partial charge in [0.15, 0.2) is 0 Å². The van der Waals surface area contributed by atoms with Crippen molar-refractivity contribution in [3.63, 3.8) is 0 Å². The van der Waals surface area contributed by atoms with E-state index in [1.807, 2.05) is 0 Å². The summed E-state index contributed by atoms with van der Waals surface area (Å²) in [5, 5.41) is 0.411. The average molecular weight is 409 g/mol. The number of aromatic nitrogens is 2. The Morgan fingerprint density at radius 1 is 1.47 bits per heavy atom. The van der Waals surface area contributed by atoms with Gasteiger partial charge in [0.2, 0.25) is 0 Å². The van der Waals surface area contributed by atoms with Crippen LogP contribution in [0.1, 0.15) is 16.1 Å². The highest BCUT2D eigenvalue weighted by Crippen LogP contribution is 2.22. The molecular weight excluding hydrogens is 401 g/mol. The van der Waals surface area contributed by atoms with Crippen LogP contribution in [0.2, 0.25) is 5.15 Å². The Hall–Kier alpha value is -0.890. The number of nitrogens with zero attached hydrogens (tertiary/aromatic N) is 1. The summed E-state index contributed by atoms with van der Waals surface area (Å²) < 4.78 is 1.46. The molecular formula is C11H8Br2ClN3O2. The van der Waals surface area contributed by atoms with Gasteiger partial charge in [0.1, 0.15) is 17.5 Å². The summed E-state index contributed by atoms with van der Waals surface area (Å²) in [6.45, 7) is 0.207. The highest BCUT2D eigenvalue weighted by Gasteiger charge is 2.10. The minimum atomic E-state index is -0.367. The zero-order valence-electron chi connectivity index (χ0n) is 9.41. The summed E-state index contributed by atoms with van der Waals surface area (Å²) in [6.07, 6.45) is 1.58. The number of pyridine rings is 1. The van der Waals surface area contributed by atoms with Crippen molar-refractivity contribution < 1.29 is 9.63 Å². The third-order valence-corrected chi connectivity index (χ3v) is 4.17. The lowest BCUT2D eigenvalue weighted by atomic mass is 10.3. The molecule has 1 amide bonds. The average Bonchev–Trinajstić information content (AvgIpc) is 2.72. The summed E-state index contributed by atoms with van der Waals surface area (Å²) in [6, 6.07) is 5.07. The second kappa shape index (κ2) is 6.51. The summed E-state index contributed by atoms with van der Waals surface area (Å²) >= 11 is 12.2. The van der Waals surface area contributed by atoms with E-state index in [0.29, 0.717) is 15.5 Å². The molecule has 2 N–H and O–H groups in total. The molecule has 5 nitrogen and oxygen atoms in total. The molecule has 19 heavy (non-hydrogen) atoms. The van der Waals surface area contributed by atoms with Crippen LogP contribution in [-0.2, 0) is 11.4 Å². The van der Waals surface area contributed by atoms with Crippen molar-refractivity contribution in [2.75, 3.05) is 0 Å². The number of carbonyl (C=O) groups excluding carboxylic acids is 1. The number of rotatable bonds is 4. The lowest BCUT2D eigenvalue weighted by Crippen LogP contribution is -2.23. The minimum Gasteiger partial charge on any atom is -0.344 e. The third kappa shape index (κ3) is 4.04. The van der Waals surface area contributed by atoms with E-state index in [1.54, 1.807) is 24.4 Å². The molecule has 0 aliphatic carbocycles. The fraction of sp³-hybridized carbons (Fsp3) is 0.0909. The van der Waals surface area contributed by atoms with Crippen LogP contribution in [0.25, 0.3) is 0 Å². The van der Waals surface area contributed by atoms with Gasteiger partial charge in [-0.15, -0.1) is 0 Å². The number of carbonyl (C=O) groups is 1. The van der Waals surface area contributed by atoms with Crippen LogP contribution in [-0.4, -0.2) is 15.9 Å². The van der Waals surface area contributed by atoms with Crippen molar-refractivity contribution >= 4 is 49.4 Å². The van der Waals surface area contributed by atoms with Gasteiger partial charge in [0.05, 0.1) is 9.08 Å². The largest absolute Gasteiger partial charge is 0.344 e. The minimum absolute atomic E-state index is 0.207. The molecule has 0 saturated carbocycles. The molecule has 100 valence electrons. The van der Waals surface area contributed by atoms with Gasteiger partial charge in [-0.1, -0.05) is 17.7 Å². The number of nitrogens with one attached hydrogen (secondary N) is 2. The Labute approximate surface area is 130 Å². The van der Waals surface area contributed by atoms with E-state index in [0.717, 1.165) is 10.0 Å². The lowest BCUT2D eigenvalue weighted by Gasteiger charge is -2.04. The fourth-order valence-corrected chi connectivity index (χ4v) is 2.03. The highest BCUT2D eigenvalue weighted by atomic mass is 79.9. The number of amides is 1. The first-order valence-corrected chi connectivity index (χ1v) is 7.09. The Kier molecular flexibility index (Phi) is 4.98. The molecule has 2 heterocycles. The predicted octanol–water partition coefficient (Wildman–Crippen LogP) is 3.45. The Balaban J connectivity index is 1.85. The first kappa shape index (κ1) is 14.5. The van der Waals surface area contributed by atoms with E-state index in [9.17, 15) is 4.79 Å². The number of hydroxylamine groups is 1. The maximum Gasteiger partial charge on any atom is 0.291 e. The van der Waals surface area contributed by atoms with Gasteiger partial charge in [0, 0.05) is 6.20 Å². The SMILES string of the molecule is O=C(NOCc1ccc(Cl)nc1)c1cc(Br)c(Br)[nH]1. The van der Waals surface area contributed by atoms with E-state index < -0.39 is 0 Å². The van der Waals surface area contributed by atoms with Crippen molar-refractivity contribution in [2.45, 2.75) is 6.61 Å². The van der Waals surface area contributed by atoms with Crippen LogP contribution in [0.4, 0.5) is 0 Å². The topological polar surface area (TPSA) is 67.0 Å². The smallest absolute Gasteiger partial charge is 0.291 e. The second-order valence-corrected chi connectivity index (χ2v) is 5.59. The molecule has 2 aromatic rings. The highest BCUT2D eigenvalue weighted by molar-refractivity contribution is 9.13. The number of hydrogen-bond donors (Lipinski definition) is 2. The molecule has 8 heteroatoms. The molecule has 0 radical (unpaired) electrons. The Bertz CT molecular complexity index is 567. The number of aromatic amines is 1. The van der Waals surface area contributed by atoms with E-state index in [-0.39, 0.29) is 12.5 Å². The molecule has 0 atom stereocenters. The van der Waals surface area contributed by atoms with E-state index in [2.05, 4.69) is 47.3 Å². The zero-order valence-corrected chi connectivity index (χ0v) is 13.3. The van der Waals surface area contributed by atoms with Crippen molar-refractivity contribution in [1.29, 1.82) is 0 Å². The van der Waals surface area contributed by atoms with Gasteiger partial charge in [-0.25, -0.2) is 10.5 Å². The fourth-order valence-electron chi connectivity index (χ4n) is 1.26. The van der Waals surface area contributed by atoms with Crippen LogP contribution in [0.3, 0.4) is 0 Å². The van der Waals surface area contributed by atoms with Crippen LogP contribution in [0.15, 0.2) is 33.5 Å². The van der Waals surface area contributed by atoms with Crippen molar-refractivity contribution in [2.24, 2.45) is 0 Å². The van der Waals surface area contributed by atoms with Gasteiger partial charge in [-0.3, -0.25) is 9.63 Å². The van der Waals surface area contributed by atoms with Gasteiger partial charge in [0.25, 0.3) is 5.91 Å². The summed E-state index contributed by atoms with van der Waals surface area (Å²) in [7, 11) is 0. The standard InChI is InChI=1S/C11H8Br2ClN3O2/c12-7-3-8(16-10(7)13)11(18)17-19-5-6-1-2-9(14)15-4-6/h1-4,16H,5H2,(H,17,18). The molecule has 0 aliphatic heterocycles. The van der Waals surface area contributed by atoms with Crippen LogP contribution in [0.5, 0.6) is 0 Å². The summed E-state index contributed by atoms with van der Waals surface area (Å²) in [4.78, 5) is 23.6. The Morgan fingerprint density at radius 2 is 2.26 bits per heavy atom. The Morgan fingerprint density at radius 3 is 2.84 bits per heavy atom. The number of halogens is 3. The zero-order chi connectivity index (χ0) is 13.8. The molecule has 0 bridgehead atoms. The van der Waals surface area contributed by atoms with Gasteiger partial charge in [-0.2, -0.15) is 0 Å². The third-order valence-electron chi connectivity index (χ3n) is 2.16. The van der Waals surface area contributed by atoms with Crippen molar-refractivity contribution in [3.8, 4) is 0 Å². The maximum atomic E-state index is 11.7. The van der Waals surface area contributed by atoms with E-state index >= 15 is 0 Å². The predicted molar refractivity (Wildman–Crippen MR) is 77.7 cm³/mol. The van der Waals surface area contributed by atoms with Crippen LogP contribution in [0, 0.1) is 0 Å². The summed E-state index contributed by atoms with van der Waals surface area (Å²) in [5.41, 5.74) is 3.52. The number of hydrogen-bond acceptors (Lipinski definition) is 3. The van der Waals surface area contributed by atoms with Crippen LogP contribution >= 0.6 is 43.5 Å². The van der Waals surface area contributed by atoms with E-state index in [1.165, 1.54) is 0 Å². The molecule has 0 aromatic carbocycles. The number of H-pyrrole nitrogens is 1.